The van der Waals surface area contributed by atoms with E-state index in [0.29, 0.717) is 12.1 Å². The smallest absolute Gasteiger partial charge is 0.0461 e. The average Bonchev–Trinajstić information content (AvgIpc) is 2.76. The molecule has 1 aliphatic heterocycles. The van der Waals surface area contributed by atoms with E-state index < -0.39 is 0 Å². The van der Waals surface area contributed by atoms with Gasteiger partial charge in [0.1, 0.15) is 0 Å². The van der Waals surface area contributed by atoms with Gasteiger partial charge in [0.05, 0.1) is 0 Å². The summed E-state index contributed by atoms with van der Waals surface area (Å²) in [6, 6.07) is 1.81. The van der Waals surface area contributed by atoms with Crippen molar-refractivity contribution < 1.29 is 5.21 Å². The van der Waals surface area contributed by atoms with Crippen LogP contribution in [0.3, 0.4) is 0 Å². The number of hydrogen-bond donors (Lipinski definition) is 2. The lowest BCUT2D eigenvalue weighted by Gasteiger charge is -2.19. The van der Waals surface area contributed by atoms with Crippen LogP contribution in [-0.4, -0.2) is 34.8 Å². The zero-order valence-electron chi connectivity index (χ0n) is 6.95. The van der Waals surface area contributed by atoms with E-state index >= 15 is 0 Å². The van der Waals surface area contributed by atoms with E-state index in [1.54, 1.807) is 0 Å². The Labute approximate surface area is 67.3 Å². The molecule has 0 aromatic carbocycles. The Morgan fingerprint density at radius 2 is 2.18 bits per heavy atom. The molecule has 1 heterocycles. The minimum absolute atomic E-state index is 0.311. The molecule has 3 heteroatoms. The summed E-state index contributed by atoms with van der Waals surface area (Å²) in [5, 5.41) is 8.73. The highest BCUT2D eigenvalue weighted by molar-refractivity contribution is 4.94. The van der Waals surface area contributed by atoms with Crippen molar-refractivity contribution in [1.82, 2.24) is 10.4 Å². The van der Waals surface area contributed by atoms with Crippen molar-refractivity contribution in [3.8, 4) is 0 Å². The molecule has 2 fully saturated rings. The quantitative estimate of drug-likeness (QED) is 0.574. The molecule has 2 atom stereocenters. The molecule has 64 valence electrons. The molecule has 0 radical (unpaired) electrons. The lowest BCUT2D eigenvalue weighted by Crippen LogP contribution is -2.32. The predicted molar refractivity (Wildman–Crippen MR) is 42.5 cm³/mol. The molecular weight excluding hydrogens is 140 g/mol. The fourth-order valence-electron chi connectivity index (χ4n) is 2.06. The van der Waals surface area contributed by atoms with Crippen molar-refractivity contribution >= 4 is 0 Å². The van der Waals surface area contributed by atoms with Gasteiger partial charge in [0.2, 0.25) is 0 Å². The Morgan fingerprint density at radius 1 is 1.45 bits per heavy atom. The third kappa shape index (κ3) is 1.41. The molecule has 11 heavy (non-hydrogen) atoms. The van der Waals surface area contributed by atoms with Gasteiger partial charge in [0.15, 0.2) is 0 Å². The van der Waals surface area contributed by atoms with Crippen molar-refractivity contribution in [1.29, 1.82) is 0 Å². The second kappa shape index (κ2) is 2.73. The van der Waals surface area contributed by atoms with E-state index in [0.717, 1.165) is 19.0 Å². The number of nitrogens with one attached hydrogen (secondary N) is 1. The van der Waals surface area contributed by atoms with Gasteiger partial charge in [-0.2, -0.15) is 0 Å². The molecule has 1 saturated carbocycles. The van der Waals surface area contributed by atoms with E-state index in [9.17, 15) is 0 Å². The summed E-state index contributed by atoms with van der Waals surface area (Å²) in [5.41, 5.74) is 2.37. The third-order valence-electron chi connectivity index (χ3n) is 2.82. The summed E-state index contributed by atoms with van der Waals surface area (Å²) < 4.78 is 0. The highest BCUT2D eigenvalue weighted by Gasteiger charge is 2.38. The molecule has 2 unspecified atom stereocenters. The van der Waals surface area contributed by atoms with Crippen molar-refractivity contribution in [2.24, 2.45) is 0 Å². The Hall–Kier alpha value is -0.120. The predicted octanol–water partition coefficient (Wildman–Crippen LogP) is 0.590. The van der Waals surface area contributed by atoms with Gasteiger partial charge >= 0.3 is 0 Å². The van der Waals surface area contributed by atoms with Crippen LogP contribution in [-0.2, 0) is 0 Å². The maximum absolute atomic E-state index is 8.73. The summed E-state index contributed by atoms with van der Waals surface area (Å²) in [6.07, 6.45) is 3.82. The van der Waals surface area contributed by atoms with Crippen LogP contribution < -0.4 is 5.48 Å². The lowest BCUT2D eigenvalue weighted by atomic mass is 10.2. The molecule has 3 nitrogen and oxygen atoms in total. The fraction of sp³-hybridized carbons (Fsp3) is 1.00. The maximum Gasteiger partial charge on any atom is 0.0461 e. The minimum atomic E-state index is 0.311. The second-order valence-electron chi connectivity index (χ2n) is 3.84. The van der Waals surface area contributed by atoms with Gasteiger partial charge < -0.3 is 5.21 Å². The fourth-order valence-corrected chi connectivity index (χ4v) is 2.06. The topological polar surface area (TPSA) is 35.5 Å². The largest absolute Gasteiger partial charge is 0.316 e. The Bertz CT molecular complexity index is 147. The first kappa shape index (κ1) is 7.53. The molecule has 0 bridgehead atoms. The summed E-state index contributed by atoms with van der Waals surface area (Å²) in [6.45, 7) is 3.28. The van der Waals surface area contributed by atoms with Gasteiger partial charge in [-0.25, -0.2) is 5.48 Å². The van der Waals surface area contributed by atoms with Crippen molar-refractivity contribution in [3.05, 3.63) is 0 Å². The van der Waals surface area contributed by atoms with Gasteiger partial charge in [-0.3, -0.25) is 4.90 Å². The van der Waals surface area contributed by atoms with E-state index in [1.807, 2.05) is 0 Å². The van der Waals surface area contributed by atoms with Crippen molar-refractivity contribution in [2.75, 3.05) is 6.54 Å². The monoisotopic (exact) mass is 156 g/mol. The zero-order valence-corrected chi connectivity index (χ0v) is 6.95. The number of rotatable bonds is 2. The van der Waals surface area contributed by atoms with Crippen LogP contribution in [0, 0.1) is 0 Å². The van der Waals surface area contributed by atoms with Gasteiger partial charge in [-0.1, -0.05) is 0 Å². The number of hydrogen-bond acceptors (Lipinski definition) is 3. The number of hydroxylamine groups is 1. The van der Waals surface area contributed by atoms with E-state index in [4.69, 9.17) is 5.21 Å². The summed E-state index contributed by atoms with van der Waals surface area (Å²) in [7, 11) is 0. The van der Waals surface area contributed by atoms with E-state index in [-0.39, 0.29) is 0 Å². The van der Waals surface area contributed by atoms with E-state index in [2.05, 4.69) is 17.3 Å². The summed E-state index contributed by atoms with van der Waals surface area (Å²) in [5.74, 6) is 0. The van der Waals surface area contributed by atoms with Crippen LogP contribution in [0.2, 0.25) is 0 Å². The highest BCUT2D eigenvalue weighted by atomic mass is 16.5. The minimum Gasteiger partial charge on any atom is -0.316 e. The molecule has 2 N–H and O–H groups in total. The Kier molecular flexibility index (Phi) is 1.87. The molecule has 0 aromatic rings. The molecule has 1 saturated heterocycles. The molecular formula is C8H16N2O. The summed E-state index contributed by atoms with van der Waals surface area (Å²) in [4.78, 5) is 2.51. The molecule has 2 rings (SSSR count). The van der Waals surface area contributed by atoms with Crippen LogP contribution in [0.1, 0.15) is 26.2 Å². The maximum atomic E-state index is 8.73. The first-order valence-electron chi connectivity index (χ1n) is 4.46. The Balaban J connectivity index is 1.90. The average molecular weight is 156 g/mol. The SMILES string of the molecule is CC1CC(NO)CN1C1CC1. The Morgan fingerprint density at radius 3 is 2.64 bits per heavy atom. The highest BCUT2D eigenvalue weighted by Crippen LogP contribution is 2.32. The zero-order chi connectivity index (χ0) is 7.84. The first-order valence-corrected chi connectivity index (χ1v) is 4.46. The van der Waals surface area contributed by atoms with Crippen LogP contribution in [0.5, 0.6) is 0 Å². The third-order valence-corrected chi connectivity index (χ3v) is 2.82. The number of likely N-dealkylation sites (tertiary alicyclic amines) is 1. The van der Waals surface area contributed by atoms with Crippen LogP contribution in [0.25, 0.3) is 0 Å². The summed E-state index contributed by atoms with van der Waals surface area (Å²) >= 11 is 0. The van der Waals surface area contributed by atoms with E-state index in [1.165, 1.54) is 12.8 Å². The standard InChI is InChI=1S/C8H16N2O/c1-6-4-7(9-11)5-10(6)8-2-3-8/h6-9,11H,2-5H2,1H3. The number of nitrogens with zero attached hydrogens (tertiary/aromatic N) is 1. The van der Waals surface area contributed by atoms with Gasteiger partial charge in [-0.05, 0) is 26.2 Å². The molecule has 0 aromatic heterocycles. The molecule has 0 spiro atoms. The van der Waals surface area contributed by atoms with Gasteiger partial charge in [0.25, 0.3) is 0 Å². The normalized spacial score (nSPS) is 39.8. The second-order valence-corrected chi connectivity index (χ2v) is 3.84. The van der Waals surface area contributed by atoms with Crippen LogP contribution >= 0.6 is 0 Å². The van der Waals surface area contributed by atoms with Crippen LogP contribution in [0.15, 0.2) is 0 Å². The van der Waals surface area contributed by atoms with Crippen LogP contribution in [0.4, 0.5) is 0 Å². The van der Waals surface area contributed by atoms with Crippen molar-refractivity contribution in [3.63, 3.8) is 0 Å². The van der Waals surface area contributed by atoms with Gasteiger partial charge in [-0.15, -0.1) is 0 Å². The molecule has 0 amide bonds. The van der Waals surface area contributed by atoms with Gasteiger partial charge in [0, 0.05) is 24.7 Å². The van der Waals surface area contributed by atoms with Crippen molar-refractivity contribution in [2.45, 2.75) is 44.3 Å². The molecule has 2 aliphatic rings. The first-order chi connectivity index (χ1) is 5.31. The molecule has 1 aliphatic carbocycles. The lowest BCUT2D eigenvalue weighted by molar-refractivity contribution is 0.126.